The summed E-state index contributed by atoms with van der Waals surface area (Å²) in [5.74, 6) is 0.194. The highest BCUT2D eigenvalue weighted by Gasteiger charge is 2.56. The van der Waals surface area contributed by atoms with E-state index in [4.69, 9.17) is 12.2 Å². The van der Waals surface area contributed by atoms with Crippen LogP contribution < -0.4 is 10.6 Å². The molecule has 1 aliphatic carbocycles. The highest BCUT2D eigenvalue weighted by molar-refractivity contribution is 7.71. The number of aromatic nitrogens is 3. The molecule has 0 aromatic carbocycles. The van der Waals surface area contributed by atoms with Crippen LogP contribution in [0, 0.1) is 16.1 Å². The Bertz CT molecular complexity index is 860. The molecule has 2 atom stereocenters. The highest BCUT2D eigenvalue weighted by Crippen LogP contribution is 2.46. The van der Waals surface area contributed by atoms with E-state index in [1.807, 2.05) is 6.92 Å². The molecule has 9 nitrogen and oxygen atoms in total. The van der Waals surface area contributed by atoms with E-state index in [0.29, 0.717) is 35.9 Å². The van der Waals surface area contributed by atoms with E-state index in [2.05, 4.69) is 41.6 Å². The van der Waals surface area contributed by atoms with Crippen molar-refractivity contribution in [1.29, 1.82) is 0 Å². The summed E-state index contributed by atoms with van der Waals surface area (Å²) in [6.07, 6.45) is 2.19. The van der Waals surface area contributed by atoms with Crippen LogP contribution in [0.5, 0.6) is 0 Å². The number of H-pyrrole nitrogens is 1. The molecule has 1 saturated heterocycles. The van der Waals surface area contributed by atoms with Gasteiger partial charge in [0.2, 0.25) is 5.91 Å². The largest absolute Gasteiger partial charge is 0.347 e. The lowest BCUT2D eigenvalue weighted by molar-refractivity contribution is -0.137. The van der Waals surface area contributed by atoms with Crippen LogP contribution in [-0.4, -0.2) is 49.6 Å². The minimum Gasteiger partial charge on any atom is -0.347 e. The lowest BCUT2D eigenvalue weighted by atomic mass is 9.64. The Morgan fingerprint density at radius 3 is 2.71 bits per heavy atom. The van der Waals surface area contributed by atoms with Gasteiger partial charge in [-0.3, -0.25) is 19.6 Å². The van der Waals surface area contributed by atoms with Gasteiger partial charge in [0, 0.05) is 6.54 Å². The molecule has 1 aromatic heterocycles. The number of urea groups is 1. The molecule has 3 rings (SSSR count). The van der Waals surface area contributed by atoms with E-state index >= 15 is 0 Å². The third kappa shape index (κ3) is 3.82. The first kappa shape index (κ1) is 20.5. The molecule has 2 fully saturated rings. The molecule has 4 amide bonds. The summed E-state index contributed by atoms with van der Waals surface area (Å²) in [5.41, 5.74) is -0.947. The first-order valence-electron chi connectivity index (χ1n) is 9.62. The van der Waals surface area contributed by atoms with Gasteiger partial charge in [-0.15, -0.1) is 0 Å². The van der Waals surface area contributed by atoms with E-state index in [9.17, 15) is 14.4 Å². The fourth-order valence-corrected chi connectivity index (χ4v) is 5.12. The van der Waals surface area contributed by atoms with E-state index in [1.54, 1.807) is 4.57 Å². The molecule has 0 radical (unpaired) electrons. The van der Waals surface area contributed by atoms with Crippen LogP contribution in [0.4, 0.5) is 4.79 Å². The summed E-state index contributed by atoms with van der Waals surface area (Å²) in [6, 6.07) is -0.499. The second-order valence-corrected chi connectivity index (χ2v) is 9.11. The third-order valence-electron chi connectivity index (χ3n) is 5.52. The molecule has 2 aliphatic rings. The molecule has 0 bridgehead atoms. The summed E-state index contributed by atoms with van der Waals surface area (Å²) in [4.78, 5) is 38.9. The zero-order chi connectivity index (χ0) is 20.7. The lowest BCUT2D eigenvalue weighted by Gasteiger charge is -2.43. The van der Waals surface area contributed by atoms with Gasteiger partial charge in [0.1, 0.15) is 12.1 Å². The summed E-state index contributed by atoms with van der Waals surface area (Å²) in [6.45, 7) is 8.73. The number of aromatic amines is 1. The van der Waals surface area contributed by atoms with Crippen molar-refractivity contribution in [2.24, 2.45) is 11.3 Å². The number of hydrogen-bond acceptors (Lipinski definition) is 5. The van der Waals surface area contributed by atoms with Crippen LogP contribution in [0.3, 0.4) is 0 Å². The summed E-state index contributed by atoms with van der Waals surface area (Å²) >= 11 is 5.12. The molecule has 1 saturated carbocycles. The molecular weight excluding hydrogens is 380 g/mol. The minimum absolute atomic E-state index is 0.0471. The van der Waals surface area contributed by atoms with Crippen molar-refractivity contribution >= 4 is 30.1 Å². The van der Waals surface area contributed by atoms with Crippen LogP contribution in [-0.2, 0) is 22.7 Å². The maximum atomic E-state index is 13.1. The quantitative estimate of drug-likeness (QED) is 0.507. The van der Waals surface area contributed by atoms with E-state index in [0.717, 1.165) is 11.3 Å². The predicted molar refractivity (Wildman–Crippen MR) is 105 cm³/mol. The summed E-state index contributed by atoms with van der Waals surface area (Å²) in [7, 11) is 0. The van der Waals surface area contributed by atoms with Crippen molar-refractivity contribution in [3.63, 3.8) is 0 Å². The minimum atomic E-state index is -0.900. The van der Waals surface area contributed by atoms with Crippen LogP contribution >= 0.6 is 12.2 Å². The monoisotopic (exact) mass is 408 g/mol. The molecule has 10 heteroatoms. The normalized spacial score (nSPS) is 26.6. The number of hydrogen-bond donors (Lipinski definition) is 3. The van der Waals surface area contributed by atoms with Gasteiger partial charge in [0.25, 0.3) is 5.91 Å². The van der Waals surface area contributed by atoms with Crippen molar-refractivity contribution in [2.45, 2.75) is 65.6 Å². The number of carbonyl (C=O) groups is 3. The van der Waals surface area contributed by atoms with Crippen LogP contribution in [0.1, 0.15) is 52.8 Å². The molecule has 1 spiro atoms. The van der Waals surface area contributed by atoms with E-state index in [1.165, 1.54) is 0 Å². The predicted octanol–water partition coefficient (Wildman–Crippen LogP) is 1.71. The fraction of sp³-hybridized carbons (Fsp3) is 0.722. The Balaban J connectivity index is 1.65. The fourth-order valence-electron chi connectivity index (χ4n) is 4.84. The molecule has 3 N–H and O–H groups in total. The zero-order valence-electron chi connectivity index (χ0n) is 16.8. The van der Waals surface area contributed by atoms with Crippen molar-refractivity contribution in [1.82, 2.24) is 30.3 Å². The average molecular weight is 409 g/mol. The van der Waals surface area contributed by atoms with Gasteiger partial charge in [-0.2, -0.15) is 5.10 Å². The Hall–Kier alpha value is -2.23. The molecule has 28 heavy (non-hydrogen) atoms. The van der Waals surface area contributed by atoms with Gasteiger partial charge < -0.3 is 15.2 Å². The molecule has 2 unspecified atom stereocenters. The zero-order valence-corrected chi connectivity index (χ0v) is 17.6. The Labute approximate surface area is 169 Å². The maximum Gasteiger partial charge on any atom is 0.325 e. The van der Waals surface area contributed by atoms with Crippen molar-refractivity contribution in [2.75, 3.05) is 6.54 Å². The van der Waals surface area contributed by atoms with Gasteiger partial charge in [0.15, 0.2) is 10.6 Å². The SMILES string of the molecule is CCn1c(CNC(=O)CN2C(=O)NC3(CC(C)CC(C)(C)C3)C2=O)n[nH]c1=S. The van der Waals surface area contributed by atoms with E-state index < -0.39 is 17.5 Å². The smallest absolute Gasteiger partial charge is 0.325 e. The van der Waals surface area contributed by atoms with Crippen LogP contribution in [0.2, 0.25) is 0 Å². The number of nitrogens with one attached hydrogen (secondary N) is 3. The topological polar surface area (TPSA) is 112 Å². The first-order valence-corrected chi connectivity index (χ1v) is 10.0. The number of amides is 4. The summed E-state index contributed by atoms with van der Waals surface area (Å²) in [5, 5.41) is 12.4. The second-order valence-electron chi connectivity index (χ2n) is 8.72. The van der Waals surface area contributed by atoms with Crippen molar-refractivity contribution in [3.05, 3.63) is 10.6 Å². The average Bonchev–Trinajstić information content (AvgIpc) is 3.03. The second kappa shape index (κ2) is 7.31. The van der Waals surface area contributed by atoms with Gasteiger partial charge in [-0.05, 0) is 49.7 Å². The molecule has 1 aromatic rings. The highest BCUT2D eigenvalue weighted by atomic mass is 32.1. The van der Waals surface area contributed by atoms with E-state index in [-0.39, 0.29) is 24.4 Å². The first-order chi connectivity index (χ1) is 13.1. The third-order valence-corrected chi connectivity index (χ3v) is 5.83. The van der Waals surface area contributed by atoms with Crippen molar-refractivity contribution in [3.8, 4) is 0 Å². The molecule has 1 aliphatic heterocycles. The van der Waals surface area contributed by atoms with Crippen molar-refractivity contribution < 1.29 is 14.4 Å². The van der Waals surface area contributed by atoms with Gasteiger partial charge in [-0.1, -0.05) is 20.8 Å². The number of nitrogens with zero attached hydrogens (tertiary/aromatic N) is 3. The Kier molecular flexibility index (Phi) is 5.35. The van der Waals surface area contributed by atoms with Gasteiger partial charge in [-0.25, -0.2) is 4.79 Å². The molecule has 2 heterocycles. The Morgan fingerprint density at radius 1 is 1.36 bits per heavy atom. The summed E-state index contributed by atoms with van der Waals surface area (Å²) < 4.78 is 2.25. The number of carbonyl (C=O) groups excluding carboxylic acids is 3. The number of rotatable bonds is 5. The Morgan fingerprint density at radius 2 is 2.07 bits per heavy atom. The lowest BCUT2D eigenvalue weighted by Crippen LogP contribution is -2.54. The van der Waals surface area contributed by atoms with Crippen LogP contribution in [0.25, 0.3) is 0 Å². The van der Waals surface area contributed by atoms with Gasteiger partial charge in [0.05, 0.1) is 6.54 Å². The van der Waals surface area contributed by atoms with Crippen LogP contribution in [0.15, 0.2) is 0 Å². The molecular formula is C18H28N6O3S. The number of imide groups is 1. The maximum absolute atomic E-state index is 13.1. The molecule has 154 valence electrons. The standard InChI is InChI=1S/C18H28N6O3S/c1-5-23-12(21-22-16(23)28)8-19-13(25)9-24-14(26)18(20-15(24)27)7-11(2)6-17(3,4)10-18/h11H,5-10H2,1-4H3,(H,19,25)(H,20,27)(H,22,28). The van der Waals surface area contributed by atoms with Gasteiger partial charge >= 0.3 is 6.03 Å².